The molecule has 2 N–H and O–H groups in total. The molecule has 1 heterocycles. The predicted molar refractivity (Wildman–Crippen MR) is 97.3 cm³/mol. The van der Waals surface area contributed by atoms with Crippen LogP contribution in [0.4, 0.5) is 5.95 Å². The number of amides is 1. The lowest BCUT2D eigenvalue weighted by Crippen LogP contribution is -2.25. The van der Waals surface area contributed by atoms with Crippen LogP contribution in [0.1, 0.15) is 42.0 Å². The van der Waals surface area contributed by atoms with E-state index in [1.54, 1.807) is 12.1 Å². The fraction of sp³-hybridized carbons (Fsp3) is 0.389. The van der Waals surface area contributed by atoms with E-state index >= 15 is 0 Å². The Hall–Kier alpha value is -2.14. The van der Waals surface area contributed by atoms with E-state index in [9.17, 15) is 4.79 Å². The van der Waals surface area contributed by atoms with Crippen LogP contribution in [0.25, 0.3) is 0 Å². The molecule has 0 saturated carbocycles. The zero-order valence-electron chi connectivity index (χ0n) is 14.3. The van der Waals surface area contributed by atoms with Crippen molar-refractivity contribution in [2.45, 2.75) is 33.7 Å². The highest BCUT2D eigenvalue weighted by atomic mass is 35.5. The van der Waals surface area contributed by atoms with Crippen molar-refractivity contribution in [2.24, 2.45) is 5.92 Å². The van der Waals surface area contributed by atoms with Crippen LogP contribution in [-0.4, -0.2) is 22.4 Å². The van der Waals surface area contributed by atoms with Crippen molar-refractivity contribution in [3.05, 3.63) is 52.3 Å². The molecule has 0 aliphatic rings. The van der Waals surface area contributed by atoms with E-state index in [1.807, 2.05) is 25.1 Å². The Kier molecular flexibility index (Phi) is 6.55. The highest BCUT2D eigenvalue weighted by molar-refractivity contribution is 6.31. The number of aromatic nitrogens is 2. The normalized spacial score (nSPS) is 10.7. The van der Waals surface area contributed by atoms with Crippen LogP contribution in [-0.2, 0) is 6.54 Å². The van der Waals surface area contributed by atoms with Crippen LogP contribution in [0.3, 0.4) is 0 Å². The molecule has 0 aliphatic heterocycles. The summed E-state index contributed by atoms with van der Waals surface area (Å²) < 4.78 is 0. The van der Waals surface area contributed by atoms with E-state index < -0.39 is 0 Å². The molecule has 2 aromatic rings. The van der Waals surface area contributed by atoms with Crippen molar-refractivity contribution in [1.29, 1.82) is 0 Å². The molecule has 24 heavy (non-hydrogen) atoms. The zero-order valence-corrected chi connectivity index (χ0v) is 15.0. The Morgan fingerprint density at radius 1 is 1.25 bits per heavy atom. The van der Waals surface area contributed by atoms with Gasteiger partial charge in [0.2, 0.25) is 5.95 Å². The number of nitrogens with zero attached hydrogens (tertiary/aromatic N) is 2. The summed E-state index contributed by atoms with van der Waals surface area (Å²) in [4.78, 5) is 21.0. The zero-order chi connectivity index (χ0) is 17.5. The number of carbonyl (C=O) groups is 1. The molecule has 128 valence electrons. The summed E-state index contributed by atoms with van der Waals surface area (Å²) in [5.74, 6) is 0.839. The summed E-state index contributed by atoms with van der Waals surface area (Å²) in [5.41, 5.74) is 1.97. The van der Waals surface area contributed by atoms with Crippen molar-refractivity contribution >= 4 is 23.5 Å². The highest BCUT2D eigenvalue weighted by Crippen LogP contribution is 2.14. The largest absolute Gasteiger partial charge is 0.354 e. The van der Waals surface area contributed by atoms with E-state index in [2.05, 4.69) is 34.4 Å². The molecule has 0 saturated heterocycles. The van der Waals surface area contributed by atoms with Crippen LogP contribution < -0.4 is 10.6 Å². The van der Waals surface area contributed by atoms with Crippen LogP contribution in [0.5, 0.6) is 0 Å². The first-order valence-corrected chi connectivity index (χ1v) is 8.44. The summed E-state index contributed by atoms with van der Waals surface area (Å²) in [5, 5.41) is 6.65. The van der Waals surface area contributed by atoms with Gasteiger partial charge >= 0.3 is 0 Å². The van der Waals surface area contributed by atoms with Gasteiger partial charge < -0.3 is 10.6 Å². The molecule has 5 nitrogen and oxygen atoms in total. The standard InChI is InChI=1S/C18H23ClN4O/c1-12(2)8-9-20-18-22-13(3)10-16(23-18)17(24)21-11-14-6-4-5-7-15(14)19/h4-7,10,12H,8-9,11H2,1-3H3,(H,21,24)(H,20,22,23). The lowest BCUT2D eigenvalue weighted by Gasteiger charge is -2.10. The second-order valence-corrected chi connectivity index (χ2v) is 6.51. The van der Waals surface area contributed by atoms with Crippen molar-refractivity contribution < 1.29 is 4.79 Å². The van der Waals surface area contributed by atoms with Crippen molar-refractivity contribution in [2.75, 3.05) is 11.9 Å². The minimum Gasteiger partial charge on any atom is -0.354 e. The Morgan fingerprint density at radius 2 is 2.00 bits per heavy atom. The smallest absolute Gasteiger partial charge is 0.270 e. The Labute approximate surface area is 147 Å². The van der Waals surface area contributed by atoms with Crippen molar-refractivity contribution in [3.8, 4) is 0 Å². The molecule has 0 spiro atoms. The van der Waals surface area contributed by atoms with Gasteiger partial charge in [0.15, 0.2) is 0 Å². The summed E-state index contributed by atoms with van der Waals surface area (Å²) in [6, 6.07) is 9.10. The number of rotatable bonds is 7. The van der Waals surface area contributed by atoms with Gasteiger partial charge in [-0.3, -0.25) is 4.79 Å². The van der Waals surface area contributed by atoms with Gasteiger partial charge in [-0.25, -0.2) is 9.97 Å². The molecular weight excluding hydrogens is 324 g/mol. The minimum atomic E-state index is -0.243. The average Bonchev–Trinajstić information content (AvgIpc) is 2.53. The number of nitrogens with one attached hydrogen (secondary N) is 2. The Morgan fingerprint density at radius 3 is 2.71 bits per heavy atom. The van der Waals surface area contributed by atoms with E-state index in [4.69, 9.17) is 11.6 Å². The molecule has 0 fully saturated rings. The van der Waals surface area contributed by atoms with Gasteiger partial charge in [-0.2, -0.15) is 0 Å². The number of anilines is 1. The fourth-order valence-electron chi connectivity index (χ4n) is 2.14. The van der Waals surface area contributed by atoms with E-state index in [1.165, 1.54) is 0 Å². The second kappa shape index (κ2) is 8.64. The summed E-state index contributed by atoms with van der Waals surface area (Å²) in [6.07, 6.45) is 1.02. The molecule has 0 aliphatic carbocycles. The molecule has 2 rings (SSSR count). The number of benzene rings is 1. The van der Waals surface area contributed by atoms with Gasteiger partial charge in [0.1, 0.15) is 5.69 Å². The molecule has 0 unspecified atom stereocenters. The molecule has 1 aromatic heterocycles. The maximum Gasteiger partial charge on any atom is 0.270 e. The first-order chi connectivity index (χ1) is 11.5. The summed E-state index contributed by atoms with van der Waals surface area (Å²) in [6.45, 7) is 7.30. The van der Waals surface area contributed by atoms with Gasteiger partial charge in [0.05, 0.1) is 0 Å². The molecule has 0 atom stereocenters. The first kappa shape index (κ1) is 18.2. The third-order valence-corrected chi connectivity index (χ3v) is 3.86. The summed E-state index contributed by atoms with van der Waals surface area (Å²) >= 11 is 6.10. The molecule has 0 radical (unpaired) electrons. The third kappa shape index (κ3) is 5.49. The number of aryl methyl sites for hydroxylation is 1. The van der Waals surface area contributed by atoms with Gasteiger partial charge in [-0.15, -0.1) is 0 Å². The number of hydrogen-bond donors (Lipinski definition) is 2. The number of carbonyl (C=O) groups excluding carboxylic acids is 1. The topological polar surface area (TPSA) is 66.9 Å². The maximum atomic E-state index is 12.3. The van der Waals surface area contributed by atoms with Crippen LogP contribution in [0.15, 0.2) is 30.3 Å². The second-order valence-electron chi connectivity index (χ2n) is 6.10. The predicted octanol–water partition coefficient (Wildman–Crippen LogP) is 3.83. The first-order valence-electron chi connectivity index (χ1n) is 8.07. The Balaban J connectivity index is 2.00. The molecule has 6 heteroatoms. The van der Waals surface area contributed by atoms with Crippen LogP contribution in [0, 0.1) is 12.8 Å². The van der Waals surface area contributed by atoms with Gasteiger partial charge in [-0.05, 0) is 37.0 Å². The van der Waals surface area contributed by atoms with Crippen LogP contribution in [0.2, 0.25) is 5.02 Å². The molecular formula is C18H23ClN4O. The number of hydrogen-bond acceptors (Lipinski definition) is 4. The van der Waals surface area contributed by atoms with E-state index in [0.717, 1.165) is 24.2 Å². The lowest BCUT2D eigenvalue weighted by atomic mass is 10.1. The highest BCUT2D eigenvalue weighted by Gasteiger charge is 2.11. The van der Waals surface area contributed by atoms with Crippen molar-refractivity contribution in [1.82, 2.24) is 15.3 Å². The van der Waals surface area contributed by atoms with Crippen molar-refractivity contribution in [3.63, 3.8) is 0 Å². The fourth-order valence-corrected chi connectivity index (χ4v) is 2.35. The SMILES string of the molecule is Cc1cc(C(=O)NCc2ccccc2Cl)nc(NCCC(C)C)n1. The maximum absolute atomic E-state index is 12.3. The van der Waals surface area contributed by atoms with Gasteiger partial charge in [-0.1, -0.05) is 43.6 Å². The quantitative estimate of drug-likeness (QED) is 0.799. The van der Waals surface area contributed by atoms with Gasteiger partial charge in [0, 0.05) is 23.8 Å². The number of halogens is 1. The van der Waals surface area contributed by atoms with Gasteiger partial charge in [0.25, 0.3) is 5.91 Å². The molecule has 1 amide bonds. The minimum absolute atomic E-state index is 0.243. The Bertz CT molecular complexity index is 703. The molecule has 1 aromatic carbocycles. The summed E-state index contributed by atoms with van der Waals surface area (Å²) in [7, 11) is 0. The van der Waals surface area contributed by atoms with E-state index in [0.29, 0.717) is 29.1 Å². The average molecular weight is 347 g/mol. The monoisotopic (exact) mass is 346 g/mol. The molecule has 0 bridgehead atoms. The van der Waals surface area contributed by atoms with E-state index in [-0.39, 0.29) is 5.91 Å². The lowest BCUT2D eigenvalue weighted by molar-refractivity contribution is 0.0945. The third-order valence-electron chi connectivity index (χ3n) is 3.49. The van der Waals surface area contributed by atoms with Crippen LogP contribution >= 0.6 is 11.6 Å².